The highest BCUT2D eigenvalue weighted by Crippen LogP contribution is 2.38. The number of nitrogens with zero attached hydrogens (tertiary/aromatic N) is 3. The van der Waals surface area contributed by atoms with Crippen LogP contribution in [-0.4, -0.2) is 24.0 Å². The summed E-state index contributed by atoms with van der Waals surface area (Å²) in [6, 6.07) is 19.6. The van der Waals surface area contributed by atoms with E-state index in [9.17, 15) is 18.0 Å². The standard InChI is InChI=1S/C23H20ClF3N4O2/c1-30(21-18(24)12-16(14-28-21)23(25,26)27)29-22(32)20-13-19(15-8-4-2-5-9-15)31(33-20)17-10-6-3-7-11-17/h2-12,14,19-20H,13H2,1H3,(H,29,32)/t19-,20+/m0/s1. The lowest BCUT2D eigenvalue weighted by atomic mass is 10.0. The number of para-hydroxylation sites is 1. The molecule has 0 aliphatic carbocycles. The van der Waals surface area contributed by atoms with Crippen LogP contribution in [0, 0.1) is 0 Å². The second-order valence-corrected chi connectivity index (χ2v) is 7.89. The van der Waals surface area contributed by atoms with Crippen molar-refractivity contribution in [2.24, 2.45) is 0 Å². The second kappa shape index (κ2) is 9.29. The molecule has 1 aliphatic heterocycles. The maximum absolute atomic E-state index is 13.0. The number of pyridine rings is 1. The summed E-state index contributed by atoms with van der Waals surface area (Å²) in [4.78, 5) is 22.7. The van der Waals surface area contributed by atoms with Crippen molar-refractivity contribution in [3.63, 3.8) is 0 Å². The van der Waals surface area contributed by atoms with E-state index in [4.69, 9.17) is 16.4 Å². The number of alkyl halides is 3. The van der Waals surface area contributed by atoms with Gasteiger partial charge < -0.3 is 0 Å². The topological polar surface area (TPSA) is 57.7 Å². The van der Waals surface area contributed by atoms with Gasteiger partial charge in [0.15, 0.2) is 11.9 Å². The smallest absolute Gasteiger partial charge is 0.270 e. The number of rotatable bonds is 5. The summed E-state index contributed by atoms with van der Waals surface area (Å²) < 4.78 is 38.6. The van der Waals surface area contributed by atoms with Crippen molar-refractivity contribution in [1.29, 1.82) is 0 Å². The Labute approximate surface area is 193 Å². The van der Waals surface area contributed by atoms with E-state index in [1.807, 2.05) is 60.7 Å². The molecule has 6 nitrogen and oxygen atoms in total. The van der Waals surface area contributed by atoms with Gasteiger partial charge in [-0.05, 0) is 23.8 Å². The van der Waals surface area contributed by atoms with Crippen LogP contribution in [0.4, 0.5) is 24.7 Å². The molecule has 1 amide bonds. The van der Waals surface area contributed by atoms with Crippen molar-refractivity contribution < 1.29 is 22.8 Å². The fourth-order valence-electron chi connectivity index (χ4n) is 3.59. The Kier molecular flexibility index (Phi) is 6.44. The van der Waals surface area contributed by atoms with E-state index in [0.29, 0.717) is 12.6 Å². The average molecular weight is 477 g/mol. The molecule has 33 heavy (non-hydrogen) atoms. The molecule has 1 saturated heterocycles. The zero-order chi connectivity index (χ0) is 23.6. The molecule has 2 heterocycles. The van der Waals surface area contributed by atoms with Gasteiger partial charge in [0.2, 0.25) is 0 Å². The normalized spacial score (nSPS) is 18.3. The van der Waals surface area contributed by atoms with Crippen LogP contribution in [0.1, 0.15) is 23.6 Å². The maximum atomic E-state index is 13.0. The SMILES string of the molecule is CN(NC(=O)[C@H]1C[C@@H](c2ccccc2)N(c2ccccc2)O1)c1ncc(C(F)(F)F)cc1Cl. The van der Waals surface area contributed by atoms with Gasteiger partial charge >= 0.3 is 6.18 Å². The molecule has 10 heteroatoms. The van der Waals surface area contributed by atoms with Crippen LogP contribution in [-0.2, 0) is 15.8 Å². The number of aromatic nitrogens is 1. The number of carbonyl (C=O) groups excluding carboxylic acids is 1. The van der Waals surface area contributed by atoms with Gasteiger partial charge in [-0.15, -0.1) is 0 Å². The summed E-state index contributed by atoms with van der Waals surface area (Å²) >= 11 is 5.98. The molecule has 0 bridgehead atoms. The predicted molar refractivity (Wildman–Crippen MR) is 118 cm³/mol. The fourth-order valence-corrected chi connectivity index (χ4v) is 3.89. The zero-order valence-electron chi connectivity index (χ0n) is 17.5. The van der Waals surface area contributed by atoms with Crippen LogP contribution in [0.2, 0.25) is 5.02 Å². The minimum absolute atomic E-state index is 0.0180. The zero-order valence-corrected chi connectivity index (χ0v) is 18.2. The summed E-state index contributed by atoms with van der Waals surface area (Å²) in [5, 5.41) is 2.63. The Bertz CT molecular complexity index is 1070. The Balaban J connectivity index is 1.51. The van der Waals surface area contributed by atoms with Gasteiger partial charge in [-0.1, -0.05) is 60.1 Å². The van der Waals surface area contributed by atoms with Crippen molar-refractivity contribution in [3.8, 4) is 0 Å². The summed E-state index contributed by atoms with van der Waals surface area (Å²) in [6.07, 6.45) is -4.38. The van der Waals surface area contributed by atoms with Gasteiger partial charge in [-0.2, -0.15) is 13.2 Å². The van der Waals surface area contributed by atoms with Crippen LogP contribution >= 0.6 is 11.6 Å². The molecule has 0 spiro atoms. The molecule has 2 atom stereocenters. The largest absolute Gasteiger partial charge is 0.417 e. The molecular formula is C23H20ClF3N4O2. The molecule has 4 rings (SSSR count). The van der Waals surface area contributed by atoms with Crippen molar-refractivity contribution in [3.05, 3.63) is 89.1 Å². The number of carbonyl (C=O) groups is 1. The lowest BCUT2D eigenvalue weighted by Crippen LogP contribution is -2.45. The Hall–Kier alpha value is -3.30. The van der Waals surface area contributed by atoms with Gasteiger partial charge in [0, 0.05) is 19.7 Å². The van der Waals surface area contributed by atoms with Gasteiger partial charge in [0.25, 0.3) is 5.91 Å². The molecule has 0 unspecified atom stereocenters. The number of amides is 1. The first kappa shape index (κ1) is 22.9. The average Bonchev–Trinajstić information content (AvgIpc) is 3.25. The van der Waals surface area contributed by atoms with Crippen LogP contribution in [0.5, 0.6) is 0 Å². The molecule has 1 aliphatic rings. The highest BCUT2D eigenvalue weighted by atomic mass is 35.5. The van der Waals surface area contributed by atoms with Crippen LogP contribution < -0.4 is 15.5 Å². The van der Waals surface area contributed by atoms with Gasteiger partial charge in [0.05, 0.1) is 22.3 Å². The summed E-state index contributed by atoms with van der Waals surface area (Å²) in [7, 11) is 1.44. The highest BCUT2D eigenvalue weighted by molar-refractivity contribution is 6.33. The molecular weight excluding hydrogens is 457 g/mol. The van der Waals surface area contributed by atoms with Crippen LogP contribution in [0.25, 0.3) is 0 Å². The molecule has 1 fully saturated rings. The Morgan fingerprint density at radius 2 is 1.79 bits per heavy atom. The molecule has 1 N–H and O–H groups in total. The number of hydrogen-bond donors (Lipinski definition) is 1. The number of nitrogens with one attached hydrogen (secondary N) is 1. The third kappa shape index (κ3) is 5.04. The third-order valence-electron chi connectivity index (χ3n) is 5.19. The number of benzene rings is 2. The first-order chi connectivity index (χ1) is 15.7. The monoisotopic (exact) mass is 476 g/mol. The number of hydroxylamine groups is 1. The maximum Gasteiger partial charge on any atom is 0.417 e. The number of hydrogen-bond acceptors (Lipinski definition) is 5. The van der Waals surface area contributed by atoms with Crippen molar-refractivity contribution >= 4 is 29.0 Å². The van der Waals surface area contributed by atoms with E-state index in [1.165, 1.54) is 12.1 Å². The Morgan fingerprint density at radius 1 is 1.15 bits per heavy atom. The minimum atomic E-state index is -4.57. The molecule has 1 aromatic heterocycles. The molecule has 2 aromatic carbocycles. The van der Waals surface area contributed by atoms with E-state index in [1.54, 1.807) is 5.06 Å². The summed E-state index contributed by atoms with van der Waals surface area (Å²) in [5.41, 5.74) is 3.40. The van der Waals surface area contributed by atoms with E-state index >= 15 is 0 Å². The molecule has 172 valence electrons. The Morgan fingerprint density at radius 3 is 2.39 bits per heavy atom. The first-order valence-corrected chi connectivity index (χ1v) is 10.4. The fraction of sp³-hybridized carbons (Fsp3) is 0.217. The van der Waals surface area contributed by atoms with Crippen LogP contribution in [0.15, 0.2) is 72.9 Å². The highest BCUT2D eigenvalue weighted by Gasteiger charge is 2.39. The predicted octanol–water partition coefficient (Wildman–Crippen LogP) is 5.17. The van der Waals surface area contributed by atoms with Crippen molar-refractivity contribution in [1.82, 2.24) is 10.4 Å². The molecule has 3 aromatic rings. The van der Waals surface area contributed by atoms with E-state index in [0.717, 1.165) is 17.3 Å². The van der Waals surface area contributed by atoms with Crippen LogP contribution in [0.3, 0.4) is 0 Å². The summed E-state index contributed by atoms with van der Waals surface area (Å²) in [6.45, 7) is 0. The second-order valence-electron chi connectivity index (χ2n) is 7.48. The minimum Gasteiger partial charge on any atom is -0.270 e. The summed E-state index contributed by atoms with van der Waals surface area (Å²) in [5.74, 6) is -0.495. The van der Waals surface area contributed by atoms with Crippen molar-refractivity contribution in [2.45, 2.75) is 24.7 Å². The van der Waals surface area contributed by atoms with E-state index in [-0.39, 0.29) is 16.9 Å². The van der Waals surface area contributed by atoms with Gasteiger partial charge in [0.1, 0.15) is 0 Å². The lowest BCUT2D eigenvalue weighted by Gasteiger charge is -2.25. The molecule has 0 saturated carbocycles. The number of halogens is 4. The quantitative estimate of drug-likeness (QED) is 0.515. The number of anilines is 2. The molecule has 0 radical (unpaired) electrons. The number of hydrazine groups is 1. The van der Waals surface area contributed by atoms with Gasteiger partial charge in [-0.3, -0.25) is 20.1 Å². The van der Waals surface area contributed by atoms with E-state index < -0.39 is 23.8 Å². The van der Waals surface area contributed by atoms with Gasteiger partial charge in [-0.25, -0.2) is 10.0 Å². The third-order valence-corrected chi connectivity index (χ3v) is 5.47. The first-order valence-electron chi connectivity index (χ1n) is 10.1. The van der Waals surface area contributed by atoms with E-state index in [2.05, 4.69) is 10.4 Å². The lowest BCUT2D eigenvalue weighted by molar-refractivity contribution is -0.137. The van der Waals surface area contributed by atoms with Crippen molar-refractivity contribution in [2.75, 3.05) is 17.1 Å².